The van der Waals surface area contributed by atoms with Crippen molar-refractivity contribution < 1.29 is 24.5 Å². The molecule has 0 saturated carbocycles. The molecule has 132 valence electrons. The molecule has 2 aromatic rings. The van der Waals surface area contributed by atoms with Gasteiger partial charge in [0.2, 0.25) is 0 Å². The second-order valence-corrected chi connectivity index (χ2v) is 5.73. The Morgan fingerprint density at radius 2 is 1.72 bits per heavy atom. The maximum Gasteiger partial charge on any atom is 0.414 e. The molecule has 2 aromatic carbocycles. The highest BCUT2D eigenvalue weighted by atomic mass is 16.6. The maximum atomic E-state index is 12.1. The monoisotopic (exact) mass is 343 g/mol. The van der Waals surface area contributed by atoms with Gasteiger partial charge in [-0.2, -0.15) is 0 Å². The van der Waals surface area contributed by atoms with Crippen LogP contribution in [0.2, 0.25) is 0 Å². The number of benzene rings is 2. The summed E-state index contributed by atoms with van der Waals surface area (Å²) >= 11 is 0. The van der Waals surface area contributed by atoms with Crippen molar-refractivity contribution in [1.29, 1.82) is 0 Å². The number of aliphatic hydroxyl groups is 1. The lowest BCUT2D eigenvalue weighted by molar-refractivity contribution is 0.0545. The summed E-state index contributed by atoms with van der Waals surface area (Å²) in [4.78, 5) is 24.1. The van der Waals surface area contributed by atoms with Crippen LogP contribution < -0.4 is 5.32 Å². The standard InChI is InChI=1S/C19H21NO5/c1-13(11-12-21)17(14-7-9-16(22)10-8-14)25-19(24)20-18(23)15-5-3-2-4-6-15/h2-10,13,17,21-22H,11-12H2,1H3,(H,20,23,24)/t13-,17-/m1/s1. The summed E-state index contributed by atoms with van der Waals surface area (Å²) in [5, 5.41) is 20.7. The molecule has 6 nitrogen and oxygen atoms in total. The highest BCUT2D eigenvalue weighted by Gasteiger charge is 2.24. The number of carbonyl (C=O) groups excluding carboxylic acids is 2. The number of aromatic hydroxyl groups is 1. The number of imide groups is 1. The quantitative estimate of drug-likeness (QED) is 0.749. The summed E-state index contributed by atoms with van der Waals surface area (Å²) in [5.41, 5.74) is 1.02. The highest BCUT2D eigenvalue weighted by Crippen LogP contribution is 2.29. The molecule has 2 atom stereocenters. The van der Waals surface area contributed by atoms with E-state index < -0.39 is 18.1 Å². The van der Waals surface area contributed by atoms with Crippen LogP contribution in [0.3, 0.4) is 0 Å². The van der Waals surface area contributed by atoms with Crippen LogP contribution >= 0.6 is 0 Å². The maximum absolute atomic E-state index is 12.1. The van der Waals surface area contributed by atoms with E-state index in [9.17, 15) is 14.7 Å². The van der Waals surface area contributed by atoms with Gasteiger partial charge in [0.15, 0.2) is 0 Å². The number of phenols is 1. The Morgan fingerprint density at radius 1 is 1.08 bits per heavy atom. The zero-order valence-corrected chi connectivity index (χ0v) is 13.9. The van der Waals surface area contributed by atoms with Crippen LogP contribution in [-0.4, -0.2) is 28.8 Å². The van der Waals surface area contributed by atoms with Crippen molar-refractivity contribution in [1.82, 2.24) is 5.32 Å². The number of rotatable bonds is 6. The van der Waals surface area contributed by atoms with Gasteiger partial charge in [0.1, 0.15) is 11.9 Å². The Hall–Kier alpha value is -2.86. The van der Waals surface area contributed by atoms with E-state index in [-0.39, 0.29) is 18.3 Å². The minimum Gasteiger partial charge on any atom is -0.508 e. The number of carbonyl (C=O) groups is 2. The van der Waals surface area contributed by atoms with E-state index in [0.717, 1.165) is 0 Å². The van der Waals surface area contributed by atoms with Crippen LogP contribution in [0.5, 0.6) is 5.75 Å². The molecule has 0 unspecified atom stereocenters. The summed E-state index contributed by atoms with van der Waals surface area (Å²) in [6.07, 6.45) is -1.10. The average molecular weight is 343 g/mol. The van der Waals surface area contributed by atoms with Crippen LogP contribution in [0, 0.1) is 5.92 Å². The number of hydrogen-bond acceptors (Lipinski definition) is 5. The van der Waals surface area contributed by atoms with Crippen molar-refractivity contribution >= 4 is 12.0 Å². The fourth-order valence-corrected chi connectivity index (χ4v) is 2.43. The molecular weight excluding hydrogens is 322 g/mol. The van der Waals surface area contributed by atoms with E-state index >= 15 is 0 Å². The molecule has 0 radical (unpaired) electrons. The van der Waals surface area contributed by atoms with Gasteiger partial charge in [-0.1, -0.05) is 37.3 Å². The molecule has 0 bridgehead atoms. The SMILES string of the molecule is C[C@H](CCO)[C@@H](OC(=O)NC(=O)c1ccccc1)c1ccc(O)cc1. The zero-order valence-electron chi connectivity index (χ0n) is 13.9. The van der Waals surface area contributed by atoms with E-state index in [1.807, 2.05) is 6.92 Å². The predicted octanol–water partition coefficient (Wildman–Crippen LogP) is 3.02. The number of aliphatic hydroxyl groups excluding tert-OH is 1. The van der Waals surface area contributed by atoms with Gasteiger partial charge < -0.3 is 14.9 Å². The normalized spacial score (nSPS) is 12.9. The lowest BCUT2D eigenvalue weighted by Gasteiger charge is -2.24. The number of nitrogens with one attached hydrogen (secondary N) is 1. The molecular formula is C19H21NO5. The summed E-state index contributed by atoms with van der Waals surface area (Å²) in [6, 6.07) is 14.6. The molecule has 2 amide bonds. The van der Waals surface area contributed by atoms with Crippen molar-refractivity contribution in [2.75, 3.05) is 6.61 Å². The molecule has 0 aromatic heterocycles. The van der Waals surface area contributed by atoms with Crippen LogP contribution in [0.1, 0.15) is 35.4 Å². The highest BCUT2D eigenvalue weighted by molar-refractivity contribution is 6.02. The van der Waals surface area contributed by atoms with Crippen LogP contribution in [0.25, 0.3) is 0 Å². The number of amides is 2. The van der Waals surface area contributed by atoms with E-state index in [2.05, 4.69) is 5.32 Å². The van der Waals surface area contributed by atoms with Crippen molar-refractivity contribution in [3.8, 4) is 5.75 Å². The van der Waals surface area contributed by atoms with Gasteiger partial charge in [0, 0.05) is 12.2 Å². The Bertz CT molecular complexity index is 700. The fourth-order valence-electron chi connectivity index (χ4n) is 2.43. The number of ether oxygens (including phenoxy) is 1. The van der Waals surface area contributed by atoms with Crippen molar-refractivity contribution in [3.63, 3.8) is 0 Å². The second kappa shape index (κ2) is 8.84. The molecule has 0 heterocycles. The van der Waals surface area contributed by atoms with Gasteiger partial charge in [0.25, 0.3) is 5.91 Å². The molecule has 0 saturated heterocycles. The van der Waals surface area contributed by atoms with Crippen molar-refractivity contribution in [2.45, 2.75) is 19.4 Å². The third-order valence-electron chi connectivity index (χ3n) is 3.81. The summed E-state index contributed by atoms with van der Waals surface area (Å²) < 4.78 is 5.42. The molecule has 3 N–H and O–H groups in total. The third kappa shape index (κ3) is 5.32. The summed E-state index contributed by atoms with van der Waals surface area (Å²) in [5.74, 6) is -0.627. The summed E-state index contributed by atoms with van der Waals surface area (Å²) in [6.45, 7) is 1.78. The Kier molecular flexibility index (Phi) is 6.54. The van der Waals surface area contributed by atoms with Gasteiger partial charge in [-0.25, -0.2) is 4.79 Å². The molecule has 0 aliphatic rings. The van der Waals surface area contributed by atoms with Gasteiger partial charge >= 0.3 is 6.09 Å². The Balaban J connectivity index is 2.08. The van der Waals surface area contributed by atoms with E-state index in [0.29, 0.717) is 17.5 Å². The van der Waals surface area contributed by atoms with E-state index in [1.54, 1.807) is 42.5 Å². The third-order valence-corrected chi connectivity index (χ3v) is 3.81. The number of alkyl carbamates (subject to hydrolysis) is 1. The lowest BCUT2D eigenvalue weighted by atomic mass is 9.94. The largest absolute Gasteiger partial charge is 0.508 e. The molecule has 0 aliphatic carbocycles. The van der Waals surface area contributed by atoms with Gasteiger partial charge in [0.05, 0.1) is 0 Å². The lowest BCUT2D eigenvalue weighted by Crippen LogP contribution is -2.33. The number of hydrogen-bond donors (Lipinski definition) is 3. The number of phenolic OH excluding ortho intramolecular Hbond substituents is 1. The van der Waals surface area contributed by atoms with Gasteiger partial charge in [-0.05, 0) is 42.2 Å². The van der Waals surface area contributed by atoms with Crippen molar-refractivity contribution in [3.05, 3.63) is 65.7 Å². The molecule has 6 heteroatoms. The topological polar surface area (TPSA) is 95.9 Å². The first-order valence-electron chi connectivity index (χ1n) is 7.98. The first-order chi connectivity index (χ1) is 12.0. The molecule has 0 spiro atoms. The smallest absolute Gasteiger partial charge is 0.414 e. The predicted molar refractivity (Wildman–Crippen MR) is 92.1 cm³/mol. The fraction of sp³-hybridized carbons (Fsp3) is 0.263. The Morgan fingerprint density at radius 3 is 2.32 bits per heavy atom. The molecule has 0 fully saturated rings. The van der Waals surface area contributed by atoms with E-state index in [1.165, 1.54) is 12.1 Å². The van der Waals surface area contributed by atoms with Gasteiger partial charge in [-0.15, -0.1) is 0 Å². The second-order valence-electron chi connectivity index (χ2n) is 5.73. The molecule has 25 heavy (non-hydrogen) atoms. The minimum atomic E-state index is -0.864. The molecule has 2 rings (SSSR count). The first-order valence-corrected chi connectivity index (χ1v) is 7.98. The van der Waals surface area contributed by atoms with Crippen LogP contribution in [0.15, 0.2) is 54.6 Å². The average Bonchev–Trinajstić information content (AvgIpc) is 2.61. The first kappa shape index (κ1) is 18.5. The van der Waals surface area contributed by atoms with Gasteiger partial charge in [-0.3, -0.25) is 10.1 Å². The van der Waals surface area contributed by atoms with Crippen LogP contribution in [0.4, 0.5) is 4.79 Å². The zero-order chi connectivity index (χ0) is 18.2. The Labute approximate surface area is 146 Å². The van der Waals surface area contributed by atoms with Crippen molar-refractivity contribution in [2.24, 2.45) is 5.92 Å². The van der Waals surface area contributed by atoms with E-state index in [4.69, 9.17) is 9.84 Å². The summed E-state index contributed by atoms with van der Waals surface area (Å²) in [7, 11) is 0. The van der Waals surface area contributed by atoms with Crippen LogP contribution in [-0.2, 0) is 4.74 Å². The minimum absolute atomic E-state index is 0.0519. The molecule has 0 aliphatic heterocycles.